The van der Waals surface area contributed by atoms with Crippen molar-refractivity contribution < 1.29 is 19.0 Å². The molecule has 0 saturated carbocycles. The fraction of sp³-hybridized carbons (Fsp3) is 0.188. The van der Waals surface area contributed by atoms with Gasteiger partial charge >= 0.3 is 5.97 Å². The third kappa shape index (κ3) is 3.51. The lowest BCUT2D eigenvalue weighted by atomic mass is 10.1. The molecule has 0 fully saturated rings. The van der Waals surface area contributed by atoms with Crippen LogP contribution in [0.2, 0.25) is 0 Å². The van der Waals surface area contributed by atoms with Gasteiger partial charge in [0.1, 0.15) is 11.6 Å². The zero-order chi connectivity index (χ0) is 15.4. The lowest BCUT2D eigenvalue weighted by Gasteiger charge is -2.12. The van der Waals surface area contributed by atoms with Gasteiger partial charge in [0, 0.05) is 6.54 Å². The first-order valence-electron chi connectivity index (χ1n) is 6.41. The summed E-state index contributed by atoms with van der Waals surface area (Å²) in [6.45, 7) is 2.07. The molecule has 2 rings (SSSR count). The molecule has 2 N–H and O–H groups in total. The van der Waals surface area contributed by atoms with Gasteiger partial charge in [-0.25, -0.2) is 9.18 Å². The number of methoxy groups -OCH3 is 1. The number of rotatable bonds is 5. The highest BCUT2D eigenvalue weighted by molar-refractivity contribution is 5.89. The van der Waals surface area contributed by atoms with Gasteiger partial charge in [0.25, 0.3) is 0 Å². The normalized spacial score (nSPS) is 10.2. The maximum atomic E-state index is 13.5. The summed E-state index contributed by atoms with van der Waals surface area (Å²) in [6, 6.07) is 9.52. The van der Waals surface area contributed by atoms with Gasteiger partial charge in [0.05, 0.1) is 18.4 Å². The Morgan fingerprint density at radius 3 is 2.67 bits per heavy atom. The quantitative estimate of drug-likeness (QED) is 0.885. The Bertz CT molecular complexity index is 671. The molecule has 110 valence electrons. The van der Waals surface area contributed by atoms with Crippen molar-refractivity contribution in [3.63, 3.8) is 0 Å². The van der Waals surface area contributed by atoms with Crippen molar-refractivity contribution in [1.29, 1.82) is 0 Å². The number of carboxylic acid groups (broad SMARTS) is 1. The monoisotopic (exact) mass is 289 g/mol. The zero-order valence-electron chi connectivity index (χ0n) is 11.8. The van der Waals surface area contributed by atoms with E-state index >= 15 is 0 Å². The molecule has 0 unspecified atom stereocenters. The number of ether oxygens (including phenoxy) is 1. The van der Waals surface area contributed by atoms with Gasteiger partial charge in [-0.15, -0.1) is 0 Å². The van der Waals surface area contributed by atoms with E-state index in [0.29, 0.717) is 23.5 Å². The summed E-state index contributed by atoms with van der Waals surface area (Å²) >= 11 is 0. The Labute approximate surface area is 122 Å². The minimum Gasteiger partial charge on any atom is -0.495 e. The highest BCUT2D eigenvalue weighted by Crippen LogP contribution is 2.26. The van der Waals surface area contributed by atoms with Crippen LogP contribution in [0.25, 0.3) is 0 Å². The molecular weight excluding hydrogens is 273 g/mol. The predicted octanol–water partition coefficient (Wildman–Crippen LogP) is 3.45. The van der Waals surface area contributed by atoms with E-state index in [1.54, 1.807) is 19.1 Å². The predicted molar refractivity (Wildman–Crippen MR) is 78.4 cm³/mol. The van der Waals surface area contributed by atoms with E-state index in [1.807, 2.05) is 6.07 Å². The van der Waals surface area contributed by atoms with Gasteiger partial charge in [-0.05, 0) is 42.3 Å². The summed E-state index contributed by atoms with van der Waals surface area (Å²) in [4.78, 5) is 11.0. The number of hydrogen-bond donors (Lipinski definition) is 2. The Morgan fingerprint density at radius 2 is 2.05 bits per heavy atom. The molecule has 0 bridgehead atoms. The SMILES string of the molecule is COc1ccc(C(=O)O)cc1NCc1ccc(C)c(F)c1. The number of carbonyl (C=O) groups is 1. The third-order valence-corrected chi connectivity index (χ3v) is 3.17. The van der Waals surface area contributed by atoms with Crippen LogP contribution >= 0.6 is 0 Å². The Hall–Kier alpha value is -2.56. The van der Waals surface area contributed by atoms with Crippen LogP contribution in [0.1, 0.15) is 21.5 Å². The van der Waals surface area contributed by atoms with Crippen molar-refractivity contribution in [2.24, 2.45) is 0 Å². The van der Waals surface area contributed by atoms with Crippen molar-refractivity contribution in [1.82, 2.24) is 0 Å². The first-order chi connectivity index (χ1) is 10.0. The van der Waals surface area contributed by atoms with Crippen LogP contribution in [0.15, 0.2) is 36.4 Å². The Balaban J connectivity index is 2.19. The van der Waals surface area contributed by atoms with Gasteiger partial charge in [0.15, 0.2) is 0 Å². The van der Waals surface area contributed by atoms with Crippen LogP contribution in [0.5, 0.6) is 5.75 Å². The molecule has 21 heavy (non-hydrogen) atoms. The second-order valence-electron chi connectivity index (χ2n) is 4.66. The summed E-state index contributed by atoms with van der Waals surface area (Å²) < 4.78 is 18.7. The first-order valence-corrected chi connectivity index (χ1v) is 6.41. The number of anilines is 1. The highest BCUT2D eigenvalue weighted by atomic mass is 19.1. The van der Waals surface area contributed by atoms with E-state index in [4.69, 9.17) is 9.84 Å². The second kappa shape index (κ2) is 6.26. The molecule has 2 aromatic carbocycles. The highest BCUT2D eigenvalue weighted by Gasteiger charge is 2.09. The molecule has 0 atom stereocenters. The number of carboxylic acids is 1. The van der Waals surface area contributed by atoms with Gasteiger partial charge in [-0.1, -0.05) is 12.1 Å². The summed E-state index contributed by atoms with van der Waals surface area (Å²) in [5.74, 6) is -0.741. The maximum Gasteiger partial charge on any atom is 0.335 e. The summed E-state index contributed by atoms with van der Waals surface area (Å²) in [6.07, 6.45) is 0. The lowest BCUT2D eigenvalue weighted by molar-refractivity contribution is 0.0697. The number of halogens is 1. The van der Waals surface area contributed by atoms with E-state index in [-0.39, 0.29) is 11.4 Å². The third-order valence-electron chi connectivity index (χ3n) is 3.17. The number of hydrogen-bond acceptors (Lipinski definition) is 3. The number of benzene rings is 2. The average molecular weight is 289 g/mol. The van der Waals surface area contributed by atoms with Gasteiger partial charge in [-0.3, -0.25) is 0 Å². The van der Waals surface area contributed by atoms with E-state index in [2.05, 4.69) is 5.32 Å². The zero-order valence-corrected chi connectivity index (χ0v) is 11.8. The van der Waals surface area contributed by atoms with E-state index < -0.39 is 5.97 Å². The summed E-state index contributed by atoms with van der Waals surface area (Å²) in [7, 11) is 1.51. The molecule has 4 nitrogen and oxygen atoms in total. The van der Waals surface area contributed by atoms with Crippen molar-refractivity contribution in [2.75, 3.05) is 12.4 Å². The maximum absolute atomic E-state index is 13.5. The number of nitrogens with one attached hydrogen (secondary N) is 1. The minimum absolute atomic E-state index is 0.161. The molecule has 0 aromatic heterocycles. The van der Waals surface area contributed by atoms with Gasteiger partial charge < -0.3 is 15.2 Å². The van der Waals surface area contributed by atoms with Crippen molar-refractivity contribution in [3.05, 3.63) is 58.9 Å². The smallest absolute Gasteiger partial charge is 0.335 e. The number of aryl methyl sites for hydroxylation is 1. The molecule has 0 saturated heterocycles. The molecule has 0 aliphatic heterocycles. The van der Waals surface area contributed by atoms with Gasteiger partial charge in [-0.2, -0.15) is 0 Å². The van der Waals surface area contributed by atoms with Crippen LogP contribution in [0.3, 0.4) is 0 Å². The molecule has 0 spiro atoms. The minimum atomic E-state index is -1.01. The molecule has 0 radical (unpaired) electrons. The van der Waals surface area contributed by atoms with E-state index in [9.17, 15) is 9.18 Å². The van der Waals surface area contributed by atoms with Crippen molar-refractivity contribution in [2.45, 2.75) is 13.5 Å². The summed E-state index contributed by atoms with van der Waals surface area (Å²) in [5, 5.41) is 12.1. The fourth-order valence-electron chi connectivity index (χ4n) is 1.92. The standard InChI is InChI=1S/C16H16FNO3/c1-10-3-4-11(7-13(10)17)9-18-14-8-12(16(19)20)5-6-15(14)21-2/h3-8,18H,9H2,1-2H3,(H,19,20). The fourth-order valence-corrected chi connectivity index (χ4v) is 1.92. The van der Waals surface area contributed by atoms with Crippen LogP contribution in [-0.4, -0.2) is 18.2 Å². The van der Waals surface area contributed by atoms with Gasteiger partial charge in [0.2, 0.25) is 0 Å². The molecule has 2 aromatic rings. The molecule has 0 aliphatic rings. The van der Waals surface area contributed by atoms with E-state index in [0.717, 1.165) is 5.56 Å². The van der Waals surface area contributed by atoms with Crippen LogP contribution < -0.4 is 10.1 Å². The van der Waals surface area contributed by atoms with Crippen molar-refractivity contribution in [3.8, 4) is 5.75 Å². The topological polar surface area (TPSA) is 58.6 Å². The largest absolute Gasteiger partial charge is 0.495 e. The molecule has 5 heteroatoms. The Morgan fingerprint density at radius 1 is 1.29 bits per heavy atom. The van der Waals surface area contributed by atoms with Crippen LogP contribution in [-0.2, 0) is 6.54 Å². The molecule has 0 amide bonds. The lowest BCUT2D eigenvalue weighted by Crippen LogP contribution is -2.04. The number of aromatic carboxylic acids is 1. The van der Waals surface area contributed by atoms with E-state index in [1.165, 1.54) is 25.3 Å². The Kier molecular flexibility index (Phi) is 4.42. The molecule has 0 aliphatic carbocycles. The molecule has 0 heterocycles. The first kappa shape index (κ1) is 14.8. The van der Waals surface area contributed by atoms with Crippen LogP contribution in [0.4, 0.5) is 10.1 Å². The summed E-state index contributed by atoms with van der Waals surface area (Å²) in [5.41, 5.74) is 2.07. The van der Waals surface area contributed by atoms with Crippen LogP contribution in [0, 0.1) is 12.7 Å². The molecular formula is C16H16FNO3. The second-order valence-corrected chi connectivity index (χ2v) is 4.66. The average Bonchev–Trinajstić information content (AvgIpc) is 2.48. The van der Waals surface area contributed by atoms with Crippen molar-refractivity contribution >= 4 is 11.7 Å².